The molecule has 4 N–H and O–H groups in total. The largest absolute Gasteiger partial charge is 0.486 e. The van der Waals surface area contributed by atoms with Gasteiger partial charge in [0.15, 0.2) is 0 Å². The van der Waals surface area contributed by atoms with Crippen molar-refractivity contribution >= 4 is 23.3 Å². The standard InChI is InChI=1S/C25H30ClN7O3/c26-24-21-7-9-33(13-17(21)4-5-22(24)36-15-19-11-29-32-31-19)14-20(34)12-28-25(35)16-6-8-27-23(10-16)30-18-2-1-3-18/h4-6,8,10-11,18,20,34H,1-3,7,9,12-15H2,(H,27,30)(H,28,35)(H,29,31,32)/t20-/m0/s1. The first-order valence-corrected chi connectivity index (χ1v) is 12.6. The lowest BCUT2D eigenvalue weighted by Gasteiger charge is -2.31. The number of nitrogens with zero attached hydrogens (tertiary/aromatic N) is 4. The molecule has 0 unspecified atom stereocenters. The van der Waals surface area contributed by atoms with Crippen molar-refractivity contribution in [3.8, 4) is 5.75 Å². The number of carbonyl (C=O) groups excluding carboxylic acids is 1. The number of ether oxygens (including phenoxy) is 1. The fourth-order valence-electron chi connectivity index (χ4n) is 4.45. The predicted octanol–water partition coefficient (Wildman–Crippen LogP) is 2.55. The number of aromatic nitrogens is 4. The number of rotatable bonds is 10. The highest BCUT2D eigenvalue weighted by Crippen LogP contribution is 2.34. The molecule has 3 heterocycles. The third kappa shape index (κ3) is 5.95. The fourth-order valence-corrected chi connectivity index (χ4v) is 4.78. The second kappa shape index (κ2) is 11.2. The number of amides is 1. The number of fused-ring (bicyclic) bond motifs is 1. The lowest BCUT2D eigenvalue weighted by atomic mass is 9.93. The topological polar surface area (TPSA) is 128 Å². The molecule has 1 atom stereocenters. The van der Waals surface area contributed by atoms with E-state index in [2.05, 4.69) is 35.9 Å². The SMILES string of the molecule is O=C(NC[C@H](O)CN1CCc2c(ccc(OCc3cn[nH]n3)c2Cl)C1)c1ccnc(NC2CCC2)c1. The third-order valence-corrected chi connectivity index (χ3v) is 7.08. The van der Waals surface area contributed by atoms with Crippen LogP contribution in [-0.4, -0.2) is 68.1 Å². The number of hydrogen-bond donors (Lipinski definition) is 4. The first kappa shape index (κ1) is 24.5. The monoisotopic (exact) mass is 511 g/mol. The van der Waals surface area contributed by atoms with Gasteiger partial charge in [0, 0.05) is 44.0 Å². The fraction of sp³-hybridized carbons (Fsp3) is 0.440. The summed E-state index contributed by atoms with van der Waals surface area (Å²) >= 11 is 6.62. The number of pyridine rings is 1. The first-order chi connectivity index (χ1) is 17.5. The van der Waals surface area contributed by atoms with Crippen molar-refractivity contribution in [3.63, 3.8) is 0 Å². The van der Waals surface area contributed by atoms with Gasteiger partial charge in [-0.3, -0.25) is 9.69 Å². The van der Waals surface area contributed by atoms with Crippen LogP contribution >= 0.6 is 11.6 Å². The number of halogens is 1. The Balaban J connectivity index is 1.10. The Labute approximate surface area is 214 Å². The van der Waals surface area contributed by atoms with E-state index in [0.29, 0.717) is 47.0 Å². The average Bonchev–Trinajstić information content (AvgIpc) is 3.38. The quantitative estimate of drug-likeness (QED) is 0.327. The van der Waals surface area contributed by atoms with E-state index in [-0.39, 0.29) is 19.1 Å². The third-order valence-electron chi connectivity index (χ3n) is 6.66. The van der Waals surface area contributed by atoms with Crippen molar-refractivity contribution in [3.05, 3.63) is 64.1 Å². The molecular formula is C25H30ClN7O3. The van der Waals surface area contributed by atoms with E-state index >= 15 is 0 Å². The molecule has 2 aromatic heterocycles. The average molecular weight is 512 g/mol. The predicted molar refractivity (Wildman–Crippen MR) is 135 cm³/mol. The van der Waals surface area contributed by atoms with Crippen LogP contribution in [0.25, 0.3) is 0 Å². The summed E-state index contributed by atoms with van der Waals surface area (Å²) in [6, 6.07) is 7.76. The van der Waals surface area contributed by atoms with E-state index in [9.17, 15) is 9.90 Å². The molecular weight excluding hydrogens is 482 g/mol. The number of aliphatic hydroxyl groups is 1. The van der Waals surface area contributed by atoms with Crippen LogP contribution in [0, 0.1) is 0 Å². The molecule has 1 aliphatic carbocycles. The molecule has 2 aliphatic rings. The number of benzene rings is 1. The number of aliphatic hydroxyl groups excluding tert-OH is 1. The van der Waals surface area contributed by atoms with Gasteiger partial charge in [0.1, 0.15) is 23.9 Å². The number of anilines is 1. The second-order valence-electron chi connectivity index (χ2n) is 9.32. The van der Waals surface area contributed by atoms with E-state index in [4.69, 9.17) is 16.3 Å². The molecule has 1 amide bonds. The Morgan fingerprint density at radius 3 is 3.00 bits per heavy atom. The summed E-state index contributed by atoms with van der Waals surface area (Å²) < 4.78 is 5.81. The Morgan fingerprint density at radius 1 is 1.33 bits per heavy atom. The molecule has 0 radical (unpaired) electrons. The van der Waals surface area contributed by atoms with Gasteiger partial charge in [0.05, 0.1) is 17.3 Å². The van der Waals surface area contributed by atoms with Crippen LogP contribution in [0.15, 0.2) is 36.7 Å². The number of H-pyrrole nitrogens is 1. The number of aromatic amines is 1. The van der Waals surface area contributed by atoms with E-state index in [1.165, 1.54) is 6.42 Å². The van der Waals surface area contributed by atoms with Gasteiger partial charge in [-0.1, -0.05) is 17.7 Å². The maximum Gasteiger partial charge on any atom is 0.251 e. The van der Waals surface area contributed by atoms with E-state index in [1.807, 2.05) is 12.1 Å². The van der Waals surface area contributed by atoms with Crippen molar-refractivity contribution in [1.29, 1.82) is 0 Å². The molecule has 0 spiro atoms. The highest BCUT2D eigenvalue weighted by Gasteiger charge is 2.23. The molecule has 1 aliphatic heterocycles. The Bertz CT molecular complexity index is 1190. The van der Waals surface area contributed by atoms with Gasteiger partial charge < -0.3 is 20.5 Å². The van der Waals surface area contributed by atoms with Gasteiger partial charge >= 0.3 is 0 Å². The van der Waals surface area contributed by atoms with Crippen LogP contribution in [0.3, 0.4) is 0 Å². The maximum atomic E-state index is 12.6. The number of carbonyl (C=O) groups is 1. The Hall–Kier alpha value is -3.21. The number of β-amino-alcohol motifs (C(OH)–C–C–N with tert-alkyl or cyclic N) is 1. The van der Waals surface area contributed by atoms with Gasteiger partial charge in [-0.15, -0.1) is 0 Å². The molecule has 5 rings (SSSR count). The van der Waals surface area contributed by atoms with E-state index in [1.54, 1.807) is 24.5 Å². The summed E-state index contributed by atoms with van der Waals surface area (Å²) in [4.78, 5) is 19.1. The lowest BCUT2D eigenvalue weighted by molar-refractivity contribution is 0.0841. The molecule has 1 fully saturated rings. The van der Waals surface area contributed by atoms with Crippen molar-refractivity contribution in [2.45, 2.75) is 51.0 Å². The van der Waals surface area contributed by atoms with E-state index < -0.39 is 6.10 Å². The van der Waals surface area contributed by atoms with Crippen LogP contribution in [0.2, 0.25) is 5.02 Å². The molecule has 10 nitrogen and oxygen atoms in total. The molecule has 1 aromatic carbocycles. The molecule has 0 bridgehead atoms. The zero-order chi connectivity index (χ0) is 24.9. The van der Waals surface area contributed by atoms with Gasteiger partial charge in [0.25, 0.3) is 5.91 Å². The zero-order valence-corrected chi connectivity index (χ0v) is 20.7. The number of nitrogens with one attached hydrogen (secondary N) is 3. The minimum atomic E-state index is -0.689. The minimum absolute atomic E-state index is 0.172. The summed E-state index contributed by atoms with van der Waals surface area (Å²) in [5.74, 6) is 1.11. The van der Waals surface area contributed by atoms with Gasteiger partial charge in [0.2, 0.25) is 0 Å². The minimum Gasteiger partial charge on any atom is -0.486 e. The Morgan fingerprint density at radius 2 is 2.22 bits per heavy atom. The van der Waals surface area contributed by atoms with Crippen molar-refractivity contribution in [1.82, 2.24) is 30.6 Å². The Kier molecular flexibility index (Phi) is 7.64. The van der Waals surface area contributed by atoms with Crippen LogP contribution in [0.4, 0.5) is 5.82 Å². The second-order valence-corrected chi connectivity index (χ2v) is 9.69. The lowest BCUT2D eigenvalue weighted by Crippen LogP contribution is -2.42. The van der Waals surface area contributed by atoms with Crippen LogP contribution < -0.4 is 15.4 Å². The summed E-state index contributed by atoms with van der Waals surface area (Å²) in [5, 5.41) is 27.7. The van der Waals surface area contributed by atoms with Gasteiger partial charge in [-0.25, -0.2) is 4.98 Å². The molecule has 0 saturated heterocycles. The van der Waals surface area contributed by atoms with Gasteiger partial charge in [-0.05, 0) is 55.0 Å². The van der Waals surface area contributed by atoms with Crippen molar-refractivity contribution < 1.29 is 14.6 Å². The van der Waals surface area contributed by atoms with Crippen LogP contribution in [0.5, 0.6) is 5.75 Å². The van der Waals surface area contributed by atoms with Crippen molar-refractivity contribution in [2.75, 3.05) is 25.0 Å². The highest BCUT2D eigenvalue weighted by molar-refractivity contribution is 6.33. The maximum absolute atomic E-state index is 12.6. The van der Waals surface area contributed by atoms with Crippen LogP contribution in [-0.2, 0) is 19.6 Å². The summed E-state index contributed by atoms with van der Waals surface area (Å²) in [6.07, 6.45) is 6.80. The molecule has 1 saturated carbocycles. The summed E-state index contributed by atoms with van der Waals surface area (Å²) in [7, 11) is 0. The summed E-state index contributed by atoms with van der Waals surface area (Å²) in [6.45, 7) is 2.34. The molecule has 11 heteroatoms. The molecule has 36 heavy (non-hydrogen) atoms. The zero-order valence-electron chi connectivity index (χ0n) is 19.9. The number of hydrogen-bond acceptors (Lipinski definition) is 8. The molecule has 190 valence electrons. The van der Waals surface area contributed by atoms with Gasteiger partial charge in [-0.2, -0.15) is 15.4 Å². The smallest absolute Gasteiger partial charge is 0.251 e. The van der Waals surface area contributed by atoms with Crippen LogP contribution in [0.1, 0.15) is 46.4 Å². The van der Waals surface area contributed by atoms with Crippen molar-refractivity contribution in [2.24, 2.45) is 0 Å². The molecule has 3 aromatic rings. The first-order valence-electron chi connectivity index (χ1n) is 12.2. The summed E-state index contributed by atoms with van der Waals surface area (Å²) in [5.41, 5.74) is 3.41. The normalized spacial score (nSPS) is 16.6. The highest BCUT2D eigenvalue weighted by atomic mass is 35.5. The van der Waals surface area contributed by atoms with E-state index in [0.717, 1.165) is 36.9 Å².